The van der Waals surface area contributed by atoms with Gasteiger partial charge in [-0.25, -0.2) is 12.8 Å². The monoisotopic (exact) mass is 466 g/mol. The van der Waals surface area contributed by atoms with E-state index in [0.717, 1.165) is 0 Å². The average molecular weight is 467 g/mol. The summed E-state index contributed by atoms with van der Waals surface area (Å²) in [6.45, 7) is 1.03. The van der Waals surface area contributed by atoms with Crippen LogP contribution in [0.5, 0.6) is 5.75 Å². The number of nitrogens with one attached hydrogen (secondary N) is 1. The van der Waals surface area contributed by atoms with E-state index in [1.54, 1.807) is 42.1 Å². The molecule has 1 N–H and O–H groups in total. The highest BCUT2D eigenvalue weighted by Gasteiger charge is 2.33. The number of hydrogen-bond donors (Lipinski definition) is 1. The number of carbonyl (C=O) groups excluding carboxylic acids is 1. The third-order valence-corrected chi connectivity index (χ3v) is 8.10. The van der Waals surface area contributed by atoms with Crippen molar-refractivity contribution >= 4 is 27.7 Å². The molecule has 0 radical (unpaired) electrons. The molecule has 2 aromatic carbocycles. The van der Waals surface area contributed by atoms with Gasteiger partial charge in [0.05, 0.1) is 17.9 Å². The summed E-state index contributed by atoms with van der Waals surface area (Å²) in [4.78, 5) is 12.8. The van der Waals surface area contributed by atoms with Gasteiger partial charge in [0.15, 0.2) is 0 Å². The van der Waals surface area contributed by atoms with Crippen LogP contribution in [0.3, 0.4) is 0 Å². The molecule has 6 nitrogen and oxygen atoms in total. The minimum Gasteiger partial charge on any atom is -0.497 e. The molecule has 1 atom stereocenters. The molecule has 0 spiro atoms. The number of amides is 1. The summed E-state index contributed by atoms with van der Waals surface area (Å²) in [5.41, 5.74) is 0.644. The van der Waals surface area contributed by atoms with Crippen LogP contribution in [0.1, 0.15) is 18.4 Å². The molecular weight excluding hydrogens is 439 g/mol. The fourth-order valence-corrected chi connectivity index (χ4v) is 5.83. The maximum absolute atomic E-state index is 13.6. The van der Waals surface area contributed by atoms with Gasteiger partial charge in [0, 0.05) is 31.1 Å². The van der Waals surface area contributed by atoms with E-state index in [4.69, 9.17) is 4.74 Å². The Morgan fingerprint density at radius 1 is 1.23 bits per heavy atom. The molecule has 0 bridgehead atoms. The Labute approximate surface area is 187 Å². The third kappa shape index (κ3) is 6.21. The van der Waals surface area contributed by atoms with Crippen molar-refractivity contribution in [3.63, 3.8) is 0 Å². The van der Waals surface area contributed by atoms with Crippen molar-refractivity contribution in [2.75, 3.05) is 32.5 Å². The van der Waals surface area contributed by atoms with Crippen molar-refractivity contribution in [1.29, 1.82) is 0 Å². The minimum absolute atomic E-state index is 0.138. The summed E-state index contributed by atoms with van der Waals surface area (Å²) in [5.74, 6) is 1.04. The number of piperidine rings is 1. The van der Waals surface area contributed by atoms with E-state index in [1.165, 1.54) is 29.6 Å². The van der Waals surface area contributed by atoms with Crippen LogP contribution in [0.4, 0.5) is 4.39 Å². The second kappa shape index (κ2) is 11.0. The number of sulfonamides is 1. The Morgan fingerprint density at radius 3 is 2.68 bits per heavy atom. The van der Waals surface area contributed by atoms with Gasteiger partial charge in [0.2, 0.25) is 15.9 Å². The number of nitrogens with zero attached hydrogens (tertiary/aromatic N) is 1. The van der Waals surface area contributed by atoms with Gasteiger partial charge in [0.25, 0.3) is 0 Å². The molecule has 3 rings (SSSR count). The zero-order chi connectivity index (χ0) is 22.3. The van der Waals surface area contributed by atoms with Crippen molar-refractivity contribution in [2.24, 2.45) is 5.92 Å². The number of thioether (sulfide) groups is 1. The SMILES string of the molecule is COc1ccc(S(=O)(=O)N2CCCC(C(=O)NCCSCc3ccccc3F)C2)cc1. The molecule has 0 aliphatic carbocycles. The Balaban J connectivity index is 1.48. The van der Waals surface area contributed by atoms with E-state index in [2.05, 4.69) is 5.32 Å². The highest BCUT2D eigenvalue weighted by atomic mass is 32.2. The van der Waals surface area contributed by atoms with Gasteiger partial charge in [-0.3, -0.25) is 4.79 Å². The Kier molecular flexibility index (Phi) is 8.34. The van der Waals surface area contributed by atoms with Crippen molar-refractivity contribution in [1.82, 2.24) is 9.62 Å². The number of methoxy groups -OCH3 is 1. The summed E-state index contributed by atoms with van der Waals surface area (Å²) in [6, 6.07) is 12.9. The number of rotatable bonds is 9. The van der Waals surface area contributed by atoms with Gasteiger partial charge in [0.1, 0.15) is 11.6 Å². The quantitative estimate of drug-likeness (QED) is 0.574. The summed E-state index contributed by atoms with van der Waals surface area (Å²) >= 11 is 1.54. The predicted molar refractivity (Wildman–Crippen MR) is 120 cm³/mol. The molecule has 2 aromatic rings. The first-order valence-corrected chi connectivity index (χ1v) is 12.7. The van der Waals surface area contributed by atoms with E-state index in [0.29, 0.717) is 48.7 Å². The molecule has 1 fully saturated rings. The highest BCUT2D eigenvalue weighted by Crippen LogP contribution is 2.25. The lowest BCUT2D eigenvalue weighted by atomic mass is 9.99. The largest absolute Gasteiger partial charge is 0.497 e. The zero-order valence-electron chi connectivity index (χ0n) is 17.4. The number of halogens is 1. The Bertz CT molecular complexity index is 983. The number of carbonyl (C=O) groups is 1. The van der Waals surface area contributed by atoms with Crippen LogP contribution >= 0.6 is 11.8 Å². The van der Waals surface area contributed by atoms with E-state index >= 15 is 0 Å². The van der Waals surface area contributed by atoms with Crippen LogP contribution in [-0.4, -0.2) is 51.1 Å². The van der Waals surface area contributed by atoms with Crippen LogP contribution in [0, 0.1) is 11.7 Å². The van der Waals surface area contributed by atoms with Crippen LogP contribution in [0.2, 0.25) is 0 Å². The maximum Gasteiger partial charge on any atom is 0.243 e. The molecule has 1 aliphatic heterocycles. The second-order valence-corrected chi connectivity index (χ2v) is 10.4. The first kappa shape index (κ1) is 23.6. The zero-order valence-corrected chi connectivity index (χ0v) is 19.1. The molecule has 1 unspecified atom stereocenters. The minimum atomic E-state index is -3.66. The third-order valence-electron chi connectivity index (χ3n) is 5.21. The molecule has 0 saturated carbocycles. The number of benzene rings is 2. The van der Waals surface area contributed by atoms with Crippen molar-refractivity contribution in [3.05, 3.63) is 59.9 Å². The van der Waals surface area contributed by atoms with E-state index in [1.807, 2.05) is 0 Å². The molecule has 1 saturated heterocycles. The second-order valence-electron chi connectivity index (χ2n) is 7.31. The molecule has 1 amide bonds. The molecule has 0 aromatic heterocycles. The van der Waals surface area contributed by atoms with Crippen LogP contribution < -0.4 is 10.1 Å². The molecular formula is C22H27FN2O4S2. The lowest BCUT2D eigenvalue weighted by molar-refractivity contribution is -0.125. The van der Waals surface area contributed by atoms with Crippen LogP contribution in [-0.2, 0) is 20.6 Å². The Morgan fingerprint density at radius 2 is 1.97 bits per heavy atom. The van der Waals surface area contributed by atoms with Crippen LogP contribution in [0.15, 0.2) is 53.4 Å². The van der Waals surface area contributed by atoms with Gasteiger partial charge in [-0.1, -0.05) is 18.2 Å². The van der Waals surface area contributed by atoms with Crippen LogP contribution in [0.25, 0.3) is 0 Å². The van der Waals surface area contributed by atoms with Gasteiger partial charge < -0.3 is 10.1 Å². The first-order valence-electron chi connectivity index (χ1n) is 10.1. The molecule has 1 heterocycles. The van der Waals surface area contributed by atoms with E-state index < -0.39 is 10.0 Å². The topological polar surface area (TPSA) is 75.7 Å². The van der Waals surface area contributed by atoms with E-state index in [9.17, 15) is 17.6 Å². The van der Waals surface area contributed by atoms with Gasteiger partial charge in [-0.2, -0.15) is 16.1 Å². The summed E-state index contributed by atoms with van der Waals surface area (Å²) < 4.78 is 46.0. The predicted octanol–water partition coefficient (Wildman–Crippen LogP) is 3.28. The Hall–Kier alpha value is -2.10. The number of hydrogen-bond acceptors (Lipinski definition) is 5. The molecule has 1 aliphatic rings. The first-order chi connectivity index (χ1) is 14.9. The average Bonchev–Trinajstić information content (AvgIpc) is 2.80. The highest BCUT2D eigenvalue weighted by molar-refractivity contribution is 7.98. The fraction of sp³-hybridized carbons (Fsp3) is 0.409. The summed E-state index contributed by atoms with van der Waals surface area (Å²) in [7, 11) is -2.14. The molecule has 9 heteroatoms. The fourth-order valence-electron chi connectivity index (χ4n) is 3.46. The van der Waals surface area contributed by atoms with Gasteiger partial charge in [-0.05, 0) is 48.7 Å². The van der Waals surface area contributed by atoms with Gasteiger partial charge in [-0.15, -0.1) is 0 Å². The molecule has 31 heavy (non-hydrogen) atoms. The standard InChI is InChI=1S/C22H27FN2O4S2/c1-29-19-8-10-20(11-9-19)31(27,28)25-13-4-6-17(15-25)22(26)24-12-14-30-16-18-5-2-3-7-21(18)23/h2-3,5,7-11,17H,4,6,12-16H2,1H3,(H,24,26). The lowest BCUT2D eigenvalue weighted by Gasteiger charge is -2.31. The van der Waals surface area contributed by atoms with Crippen molar-refractivity contribution in [3.8, 4) is 5.75 Å². The number of ether oxygens (including phenoxy) is 1. The lowest BCUT2D eigenvalue weighted by Crippen LogP contribution is -2.45. The maximum atomic E-state index is 13.6. The summed E-state index contributed by atoms with van der Waals surface area (Å²) in [5, 5.41) is 2.89. The van der Waals surface area contributed by atoms with E-state index in [-0.39, 0.29) is 29.1 Å². The summed E-state index contributed by atoms with van der Waals surface area (Å²) in [6.07, 6.45) is 1.29. The van der Waals surface area contributed by atoms with Crippen molar-refractivity contribution in [2.45, 2.75) is 23.5 Å². The molecule has 168 valence electrons. The van der Waals surface area contributed by atoms with Gasteiger partial charge >= 0.3 is 0 Å². The van der Waals surface area contributed by atoms with Crippen molar-refractivity contribution < 1.29 is 22.3 Å². The normalized spacial score (nSPS) is 17.3. The smallest absolute Gasteiger partial charge is 0.243 e.